The van der Waals surface area contributed by atoms with Crippen LogP contribution in [0.1, 0.15) is 24.0 Å². The number of amides is 1. The number of nitrogens with zero attached hydrogens (tertiary/aromatic N) is 3. The van der Waals surface area contributed by atoms with Crippen molar-refractivity contribution in [3.63, 3.8) is 0 Å². The van der Waals surface area contributed by atoms with Gasteiger partial charge in [-0.3, -0.25) is 4.79 Å². The van der Waals surface area contributed by atoms with Crippen molar-refractivity contribution in [2.24, 2.45) is 7.05 Å². The first-order valence-electron chi connectivity index (χ1n) is 10.1. The lowest BCUT2D eigenvalue weighted by Gasteiger charge is -2.19. The Morgan fingerprint density at radius 3 is 2.90 bits per heavy atom. The van der Waals surface area contributed by atoms with Crippen molar-refractivity contribution in [3.05, 3.63) is 59.7 Å². The molecule has 0 unspecified atom stereocenters. The molecule has 2 heterocycles. The Bertz CT molecular complexity index is 1190. The monoisotopic (exact) mass is 418 g/mol. The van der Waals surface area contributed by atoms with Crippen LogP contribution in [0.4, 0.5) is 5.69 Å². The van der Waals surface area contributed by atoms with Gasteiger partial charge in [-0.2, -0.15) is 0 Å². The number of carbonyl (C=O) groups is 1. The number of furan rings is 1. The van der Waals surface area contributed by atoms with Gasteiger partial charge in [-0.1, -0.05) is 42.1 Å². The molecule has 5 rings (SSSR count). The maximum absolute atomic E-state index is 12.6. The van der Waals surface area contributed by atoms with E-state index in [4.69, 9.17) is 4.42 Å². The third-order valence-corrected chi connectivity index (χ3v) is 6.50. The minimum atomic E-state index is -0.0349. The average molecular weight is 419 g/mol. The second-order valence-electron chi connectivity index (χ2n) is 7.50. The van der Waals surface area contributed by atoms with E-state index in [9.17, 15) is 4.79 Å². The lowest BCUT2D eigenvalue weighted by molar-refractivity contribution is -0.113. The molecule has 6 nitrogen and oxygen atoms in total. The standard InChI is InChI=1S/C23H22N4O2S/c1-27-22(20-13-16-8-3-5-12-19(16)29-20)25-26-23(27)30-14-21(28)24-18-11-6-9-15-7-2-4-10-17(15)18/h3,5-6,8-9,11-13H,2,4,7,10,14H2,1H3,(H,24,28). The van der Waals surface area contributed by atoms with Gasteiger partial charge in [0.05, 0.1) is 5.75 Å². The highest BCUT2D eigenvalue weighted by atomic mass is 32.2. The summed E-state index contributed by atoms with van der Waals surface area (Å²) in [4.78, 5) is 12.6. The molecular formula is C23H22N4O2S. The molecule has 0 saturated heterocycles. The van der Waals surface area contributed by atoms with E-state index in [1.54, 1.807) is 0 Å². The number of carbonyl (C=O) groups excluding carboxylic acids is 1. The molecule has 1 aliphatic carbocycles. The van der Waals surface area contributed by atoms with Crippen molar-refractivity contribution in [1.82, 2.24) is 14.8 Å². The number of nitrogens with one attached hydrogen (secondary N) is 1. The normalized spacial score (nSPS) is 13.4. The van der Waals surface area contributed by atoms with Crippen molar-refractivity contribution < 1.29 is 9.21 Å². The molecule has 0 bridgehead atoms. The van der Waals surface area contributed by atoms with Gasteiger partial charge in [-0.05, 0) is 55.0 Å². The average Bonchev–Trinajstić information content (AvgIpc) is 3.35. The van der Waals surface area contributed by atoms with Gasteiger partial charge in [-0.25, -0.2) is 0 Å². The van der Waals surface area contributed by atoms with Crippen LogP contribution in [-0.4, -0.2) is 26.4 Å². The molecule has 1 aliphatic rings. The zero-order chi connectivity index (χ0) is 20.5. The van der Waals surface area contributed by atoms with Crippen molar-refractivity contribution in [2.75, 3.05) is 11.1 Å². The number of anilines is 1. The Labute approximate surface area is 178 Å². The van der Waals surface area contributed by atoms with Crippen LogP contribution in [0.3, 0.4) is 0 Å². The second kappa shape index (κ2) is 7.99. The predicted molar refractivity (Wildman–Crippen MR) is 119 cm³/mol. The molecule has 0 aliphatic heterocycles. The van der Waals surface area contributed by atoms with Gasteiger partial charge in [0, 0.05) is 18.1 Å². The summed E-state index contributed by atoms with van der Waals surface area (Å²) < 4.78 is 7.75. The summed E-state index contributed by atoms with van der Waals surface area (Å²) in [6, 6.07) is 16.0. The fraction of sp³-hybridized carbons (Fsp3) is 0.261. The van der Waals surface area contributed by atoms with Crippen LogP contribution in [0.25, 0.3) is 22.6 Å². The maximum atomic E-state index is 12.6. The van der Waals surface area contributed by atoms with Crippen molar-refractivity contribution in [2.45, 2.75) is 30.8 Å². The third kappa shape index (κ3) is 3.61. The topological polar surface area (TPSA) is 73.0 Å². The van der Waals surface area contributed by atoms with E-state index in [1.165, 1.54) is 35.7 Å². The smallest absolute Gasteiger partial charge is 0.234 e. The van der Waals surface area contributed by atoms with E-state index in [-0.39, 0.29) is 11.7 Å². The number of aromatic nitrogens is 3. The van der Waals surface area contributed by atoms with Gasteiger partial charge in [0.2, 0.25) is 5.91 Å². The van der Waals surface area contributed by atoms with Crippen LogP contribution in [-0.2, 0) is 24.7 Å². The maximum Gasteiger partial charge on any atom is 0.234 e. The van der Waals surface area contributed by atoms with Gasteiger partial charge in [0.1, 0.15) is 5.58 Å². The van der Waals surface area contributed by atoms with E-state index in [0.717, 1.165) is 29.5 Å². The fourth-order valence-electron chi connectivity index (χ4n) is 3.96. The summed E-state index contributed by atoms with van der Waals surface area (Å²) in [6.45, 7) is 0. The Morgan fingerprint density at radius 2 is 2.00 bits per heavy atom. The summed E-state index contributed by atoms with van der Waals surface area (Å²) in [5, 5.41) is 13.3. The van der Waals surface area contributed by atoms with Crippen LogP contribution in [0.15, 0.2) is 58.1 Å². The first kappa shape index (κ1) is 18.9. The number of fused-ring (bicyclic) bond motifs is 2. The zero-order valence-corrected chi connectivity index (χ0v) is 17.5. The molecule has 0 atom stereocenters. The lowest BCUT2D eigenvalue weighted by Crippen LogP contribution is -2.17. The second-order valence-corrected chi connectivity index (χ2v) is 8.44. The Balaban J connectivity index is 1.28. The van der Waals surface area contributed by atoms with Gasteiger partial charge in [0.15, 0.2) is 16.7 Å². The minimum absolute atomic E-state index is 0.0349. The summed E-state index contributed by atoms with van der Waals surface area (Å²) in [5.74, 6) is 1.55. The molecule has 2 aromatic carbocycles. The zero-order valence-electron chi connectivity index (χ0n) is 16.7. The Kier molecular flexibility index (Phi) is 5.04. The highest BCUT2D eigenvalue weighted by Crippen LogP contribution is 2.30. The van der Waals surface area contributed by atoms with Gasteiger partial charge in [0.25, 0.3) is 0 Å². The molecule has 7 heteroatoms. The van der Waals surface area contributed by atoms with E-state index >= 15 is 0 Å². The number of hydrogen-bond donors (Lipinski definition) is 1. The third-order valence-electron chi connectivity index (χ3n) is 5.48. The largest absolute Gasteiger partial charge is 0.453 e. The number of hydrogen-bond acceptors (Lipinski definition) is 5. The summed E-state index contributed by atoms with van der Waals surface area (Å²) in [6.07, 6.45) is 4.53. The van der Waals surface area contributed by atoms with Crippen molar-refractivity contribution >= 4 is 34.3 Å². The molecule has 0 fully saturated rings. The van der Waals surface area contributed by atoms with E-state index < -0.39 is 0 Å². The van der Waals surface area contributed by atoms with E-state index in [1.807, 2.05) is 54.1 Å². The highest BCUT2D eigenvalue weighted by Gasteiger charge is 2.18. The summed E-state index contributed by atoms with van der Waals surface area (Å²) in [7, 11) is 1.89. The number of para-hydroxylation sites is 1. The Morgan fingerprint density at radius 1 is 1.13 bits per heavy atom. The number of thioether (sulfide) groups is 1. The minimum Gasteiger partial charge on any atom is -0.453 e. The molecule has 4 aromatic rings. The predicted octanol–water partition coefficient (Wildman–Crippen LogP) is 4.84. The first-order chi connectivity index (χ1) is 14.7. The molecule has 152 valence electrons. The molecule has 0 saturated carbocycles. The van der Waals surface area contributed by atoms with E-state index in [0.29, 0.717) is 16.7 Å². The molecule has 30 heavy (non-hydrogen) atoms. The van der Waals surface area contributed by atoms with Crippen molar-refractivity contribution in [1.29, 1.82) is 0 Å². The number of benzene rings is 2. The number of aryl methyl sites for hydroxylation is 1. The quantitative estimate of drug-likeness (QED) is 0.470. The van der Waals surface area contributed by atoms with Gasteiger partial charge < -0.3 is 14.3 Å². The lowest BCUT2D eigenvalue weighted by atomic mass is 9.90. The van der Waals surface area contributed by atoms with Crippen LogP contribution in [0.2, 0.25) is 0 Å². The molecule has 1 amide bonds. The molecule has 0 spiro atoms. The van der Waals surface area contributed by atoms with Gasteiger partial charge >= 0.3 is 0 Å². The van der Waals surface area contributed by atoms with E-state index in [2.05, 4.69) is 21.6 Å². The first-order valence-corrected chi connectivity index (χ1v) is 11.1. The van der Waals surface area contributed by atoms with Crippen LogP contribution in [0, 0.1) is 0 Å². The Hall–Kier alpha value is -3.06. The molecule has 2 aromatic heterocycles. The van der Waals surface area contributed by atoms with Crippen LogP contribution < -0.4 is 5.32 Å². The summed E-state index contributed by atoms with van der Waals surface area (Å²) in [5.41, 5.74) is 4.40. The SMILES string of the molecule is Cn1c(SCC(=O)Nc2cccc3c2CCCC3)nnc1-c1cc2ccccc2o1. The number of rotatable bonds is 5. The molecular weight excluding hydrogens is 396 g/mol. The van der Waals surface area contributed by atoms with Crippen LogP contribution in [0.5, 0.6) is 0 Å². The summed E-state index contributed by atoms with van der Waals surface area (Å²) >= 11 is 1.37. The molecule has 1 N–H and O–H groups in total. The van der Waals surface area contributed by atoms with Crippen LogP contribution >= 0.6 is 11.8 Å². The fourth-order valence-corrected chi connectivity index (χ4v) is 4.67. The van der Waals surface area contributed by atoms with Gasteiger partial charge in [-0.15, -0.1) is 10.2 Å². The molecule has 0 radical (unpaired) electrons. The highest BCUT2D eigenvalue weighted by molar-refractivity contribution is 7.99. The van der Waals surface area contributed by atoms with Crippen molar-refractivity contribution in [3.8, 4) is 11.6 Å².